The van der Waals surface area contributed by atoms with Gasteiger partial charge in [-0.1, -0.05) is 13.8 Å². The predicted octanol–water partition coefficient (Wildman–Crippen LogP) is 0.959. The molecule has 0 heterocycles. The average molecular weight is 258 g/mol. The van der Waals surface area contributed by atoms with E-state index in [0.29, 0.717) is 6.04 Å². The van der Waals surface area contributed by atoms with E-state index in [0.717, 1.165) is 13.0 Å². The molecule has 0 aromatic heterocycles. The van der Waals surface area contributed by atoms with Gasteiger partial charge in [-0.05, 0) is 53.9 Å². The highest BCUT2D eigenvalue weighted by molar-refractivity contribution is 4.98. The zero-order valence-electron chi connectivity index (χ0n) is 13.6. The summed E-state index contributed by atoms with van der Waals surface area (Å²) in [5.41, 5.74) is 12.3. The van der Waals surface area contributed by atoms with Crippen LogP contribution >= 0.6 is 0 Å². The molecule has 0 bridgehead atoms. The largest absolute Gasteiger partial charge is 0.327 e. The maximum atomic E-state index is 6.43. The van der Waals surface area contributed by atoms with Crippen molar-refractivity contribution < 1.29 is 0 Å². The van der Waals surface area contributed by atoms with Gasteiger partial charge in [0.15, 0.2) is 0 Å². The zero-order valence-corrected chi connectivity index (χ0v) is 13.6. The second kappa shape index (κ2) is 6.33. The first-order chi connectivity index (χ1) is 7.89. The van der Waals surface area contributed by atoms with Gasteiger partial charge in [0.2, 0.25) is 0 Å². The fourth-order valence-corrected chi connectivity index (χ4v) is 1.94. The molecule has 0 rings (SSSR count). The number of rotatable bonds is 7. The number of hydrogen-bond donors (Lipinski definition) is 2. The summed E-state index contributed by atoms with van der Waals surface area (Å²) in [5.74, 6) is 0. The van der Waals surface area contributed by atoms with Crippen molar-refractivity contribution in [3.05, 3.63) is 0 Å². The minimum absolute atomic E-state index is 0.0878. The van der Waals surface area contributed by atoms with Crippen LogP contribution in [0.4, 0.5) is 0 Å². The molecule has 2 atom stereocenters. The topological polar surface area (TPSA) is 58.5 Å². The molecule has 4 heteroatoms. The lowest BCUT2D eigenvalue weighted by atomic mass is 9.68. The molecule has 2 unspecified atom stereocenters. The van der Waals surface area contributed by atoms with Crippen molar-refractivity contribution in [1.82, 2.24) is 9.80 Å². The molecule has 0 fully saturated rings. The smallest absolute Gasteiger partial charge is 0.0231 e. The monoisotopic (exact) mass is 258 g/mol. The number of nitrogens with zero attached hydrogens (tertiary/aromatic N) is 2. The summed E-state index contributed by atoms with van der Waals surface area (Å²) in [7, 11) is 8.42. The highest BCUT2D eigenvalue weighted by atomic mass is 15.2. The molecule has 0 saturated heterocycles. The van der Waals surface area contributed by atoms with Crippen molar-refractivity contribution in [1.29, 1.82) is 0 Å². The Morgan fingerprint density at radius 2 is 1.44 bits per heavy atom. The van der Waals surface area contributed by atoms with Crippen LogP contribution in [-0.4, -0.2) is 62.2 Å². The Labute approximate surface area is 114 Å². The van der Waals surface area contributed by atoms with Crippen LogP contribution in [0.15, 0.2) is 0 Å². The van der Waals surface area contributed by atoms with Gasteiger partial charge < -0.3 is 21.3 Å². The van der Waals surface area contributed by atoms with E-state index in [1.165, 1.54) is 0 Å². The van der Waals surface area contributed by atoms with Crippen LogP contribution < -0.4 is 11.5 Å². The Morgan fingerprint density at radius 1 is 1.00 bits per heavy atom. The molecule has 0 amide bonds. The molecule has 4 nitrogen and oxygen atoms in total. The normalized spacial score (nSPS) is 17.3. The molecule has 0 saturated carbocycles. The Kier molecular flexibility index (Phi) is 6.27. The minimum atomic E-state index is -0.276. The molecular formula is C14H34N4. The van der Waals surface area contributed by atoms with E-state index < -0.39 is 0 Å². The molecule has 0 aromatic rings. The molecule has 110 valence electrons. The van der Waals surface area contributed by atoms with Gasteiger partial charge in [-0.2, -0.15) is 0 Å². The van der Waals surface area contributed by atoms with Gasteiger partial charge in [0, 0.05) is 24.2 Å². The number of nitrogens with two attached hydrogens (primary N) is 2. The molecule has 0 aliphatic carbocycles. The summed E-state index contributed by atoms with van der Waals surface area (Å²) >= 11 is 0. The van der Waals surface area contributed by atoms with E-state index in [-0.39, 0.29) is 17.0 Å². The van der Waals surface area contributed by atoms with Crippen LogP contribution in [-0.2, 0) is 0 Å². The third-order valence-electron chi connectivity index (χ3n) is 4.42. The molecule has 18 heavy (non-hydrogen) atoms. The lowest BCUT2D eigenvalue weighted by Crippen LogP contribution is -2.58. The van der Waals surface area contributed by atoms with Gasteiger partial charge in [-0.25, -0.2) is 0 Å². The summed E-state index contributed by atoms with van der Waals surface area (Å²) in [5, 5.41) is 0. The predicted molar refractivity (Wildman–Crippen MR) is 80.7 cm³/mol. The molecule has 0 aliphatic heterocycles. The summed E-state index contributed by atoms with van der Waals surface area (Å²) < 4.78 is 0. The molecule has 4 N–H and O–H groups in total. The van der Waals surface area contributed by atoms with E-state index in [1.54, 1.807) is 0 Å². The van der Waals surface area contributed by atoms with Crippen LogP contribution in [0.2, 0.25) is 0 Å². The quantitative estimate of drug-likeness (QED) is 0.714. The maximum absolute atomic E-state index is 6.43. The molecule has 0 radical (unpaired) electrons. The van der Waals surface area contributed by atoms with Gasteiger partial charge in [-0.15, -0.1) is 0 Å². The number of likely N-dealkylation sites (N-methyl/N-ethyl adjacent to an activating group) is 2. The van der Waals surface area contributed by atoms with Gasteiger partial charge >= 0.3 is 0 Å². The van der Waals surface area contributed by atoms with Crippen LogP contribution in [0.3, 0.4) is 0 Å². The van der Waals surface area contributed by atoms with Crippen LogP contribution in [0.5, 0.6) is 0 Å². The van der Waals surface area contributed by atoms with E-state index in [2.05, 4.69) is 65.7 Å². The molecule has 0 aromatic carbocycles. The SMILES string of the molecule is CN(C)CC(CC(N)C(C)(C)C(C)(C)N)N(C)C. The van der Waals surface area contributed by atoms with Gasteiger partial charge in [0.1, 0.15) is 0 Å². The van der Waals surface area contributed by atoms with E-state index in [1.807, 2.05) is 0 Å². The summed E-state index contributed by atoms with van der Waals surface area (Å²) in [4.78, 5) is 4.46. The minimum Gasteiger partial charge on any atom is -0.327 e. The Morgan fingerprint density at radius 3 is 1.72 bits per heavy atom. The second-order valence-electron chi connectivity index (χ2n) is 7.17. The first-order valence-electron chi connectivity index (χ1n) is 6.75. The zero-order chi connectivity index (χ0) is 14.7. The maximum Gasteiger partial charge on any atom is 0.0231 e. The first-order valence-corrected chi connectivity index (χ1v) is 6.75. The molecular weight excluding hydrogens is 224 g/mol. The Balaban J connectivity index is 4.74. The van der Waals surface area contributed by atoms with Crippen molar-refractivity contribution in [3.63, 3.8) is 0 Å². The van der Waals surface area contributed by atoms with Gasteiger partial charge in [0.25, 0.3) is 0 Å². The van der Waals surface area contributed by atoms with E-state index in [9.17, 15) is 0 Å². The van der Waals surface area contributed by atoms with Crippen LogP contribution in [0.25, 0.3) is 0 Å². The lowest BCUT2D eigenvalue weighted by Gasteiger charge is -2.45. The molecule has 0 aliphatic rings. The third-order valence-corrected chi connectivity index (χ3v) is 4.42. The van der Waals surface area contributed by atoms with Crippen molar-refractivity contribution in [2.45, 2.75) is 51.7 Å². The van der Waals surface area contributed by atoms with E-state index >= 15 is 0 Å². The highest BCUT2D eigenvalue weighted by Gasteiger charge is 2.39. The van der Waals surface area contributed by atoms with Gasteiger partial charge in [0.05, 0.1) is 0 Å². The van der Waals surface area contributed by atoms with Crippen molar-refractivity contribution in [2.75, 3.05) is 34.7 Å². The summed E-state index contributed by atoms with van der Waals surface area (Å²) in [6, 6.07) is 0.543. The van der Waals surface area contributed by atoms with Gasteiger partial charge in [-0.3, -0.25) is 0 Å². The fraction of sp³-hybridized carbons (Fsp3) is 1.00. The summed E-state index contributed by atoms with van der Waals surface area (Å²) in [6.07, 6.45) is 0.957. The Hall–Kier alpha value is -0.160. The standard InChI is InChI=1S/C14H34N4/c1-13(2,14(3,4)16)12(15)9-11(18(7)8)10-17(5)6/h11-12H,9-10,15-16H2,1-8H3. The Bertz CT molecular complexity index is 241. The van der Waals surface area contributed by atoms with Crippen LogP contribution in [0.1, 0.15) is 34.1 Å². The third kappa shape index (κ3) is 4.84. The average Bonchev–Trinajstić information content (AvgIpc) is 2.13. The second-order valence-corrected chi connectivity index (χ2v) is 7.17. The number of hydrogen-bond acceptors (Lipinski definition) is 4. The van der Waals surface area contributed by atoms with E-state index in [4.69, 9.17) is 11.5 Å². The fourth-order valence-electron chi connectivity index (χ4n) is 1.94. The lowest BCUT2D eigenvalue weighted by molar-refractivity contribution is 0.118. The van der Waals surface area contributed by atoms with Crippen molar-refractivity contribution in [2.24, 2.45) is 16.9 Å². The van der Waals surface area contributed by atoms with Crippen LogP contribution in [0, 0.1) is 5.41 Å². The summed E-state index contributed by atoms with van der Waals surface area (Å²) in [6.45, 7) is 9.47. The van der Waals surface area contributed by atoms with Crippen molar-refractivity contribution >= 4 is 0 Å². The molecule has 0 spiro atoms. The highest BCUT2D eigenvalue weighted by Crippen LogP contribution is 2.33. The first kappa shape index (κ1) is 17.8. The van der Waals surface area contributed by atoms with Crippen molar-refractivity contribution in [3.8, 4) is 0 Å².